The van der Waals surface area contributed by atoms with Gasteiger partial charge in [-0.15, -0.1) is 0 Å². The van der Waals surface area contributed by atoms with Crippen LogP contribution in [0.25, 0.3) is 5.69 Å². The lowest BCUT2D eigenvalue weighted by atomic mass is 9.91. The van der Waals surface area contributed by atoms with Gasteiger partial charge < -0.3 is 15.0 Å². The van der Waals surface area contributed by atoms with E-state index < -0.39 is 0 Å². The number of para-hydroxylation sites is 1. The van der Waals surface area contributed by atoms with Crippen LogP contribution < -0.4 is 5.32 Å². The SMILES string of the molecule is COCCCN(CC(=O)Nc1cc(C(C)(C)C)nn1-c1ccccc1C)C(=O)CC(C)(C)C. The summed E-state index contributed by atoms with van der Waals surface area (Å²) in [5.74, 6) is 0.320. The zero-order valence-corrected chi connectivity index (χ0v) is 21.5. The third-order valence-corrected chi connectivity index (χ3v) is 5.23. The second-order valence-corrected chi connectivity index (χ2v) is 10.8. The van der Waals surface area contributed by atoms with Crippen LogP contribution in [0.15, 0.2) is 30.3 Å². The van der Waals surface area contributed by atoms with Crippen molar-refractivity contribution in [1.82, 2.24) is 14.7 Å². The minimum atomic E-state index is -0.245. The molecule has 0 fully saturated rings. The van der Waals surface area contributed by atoms with E-state index >= 15 is 0 Å². The van der Waals surface area contributed by atoms with Gasteiger partial charge >= 0.3 is 0 Å². The number of ether oxygens (including phenoxy) is 1. The molecule has 1 heterocycles. The molecule has 0 atom stereocenters. The molecule has 0 radical (unpaired) electrons. The van der Waals surface area contributed by atoms with Gasteiger partial charge in [0, 0.05) is 38.2 Å². The number of amides is 2. The normalized spacial score (nSPS) is 12.0. The summed E-state index contributed by atoms with van der Waals surface area (Å²) in [5, 5.41) is 7.80. The van der Waals surface area contributed by atoms with Gasteiger partial charge in [0.2, 0.25) is 11.8 Å². The second kappa shape index (κ2) is 11.0. The first-order valence-corrected chi connectivity index (χ1v) is 11.5. The van der Waals surface area contributed by atoms with Crippen molar-refractivity contribution >= 4 is 17.6 Å². The number of rotatable bonds is 9. The monoisotopic (exact) mass is 456 g/mol. The maximum Gasteiger partial charge on any atom is 0.245 e. The predicted molar refractivity (Wildman–Crippen MR) is 133 cm³/mol. The molecule has 1 aromatic heterocycles. The quantitative estimate of drug-likeness (QED) is 0.554. The molecule has 7 nitrogen and oxygen atoms in total. The Balaban J connectivity index is 2.28. The van der Waals surface area contributed by atoms with Crippen LogP contribution in [0.3, 0.4) is 0 Å². The first kappa shape index (κ1) is 26.6. The van der Waals surface area contributed by atoms with E-state index in [4.69, 9.17) is 9.84 Å². The van der Waals surface area contributed by atoms with Crippen molar-refractivity contribution in [3.8, 4) is 5.69 Å². The highest BCUT2D eigenvalue weighted by molar-refractivity contribution is 5.94. The van der Waals surface area contributed by atoms with Gasteiger partial charge in [0.25, 0.3) is 0 Å². The first-order valence-electron chi connectivity index (χ1n) is 11.5. The summed E-state index contributed by atoms with van der Waals surface area (Å²) < 4.78 is 6.91. The number of aryl methyl sites for hydroxylation is 1. The fraction of sp³-hybridized carbons (Fsp3) is 0.577. The Morgan fingerprint density at radius 2 is 1.79 bits per heavy atom. The third-order valence-electron chi connectivity index (χ3n) is 5.23. The standard InChI is InChI=1S/C26H40N4O3/c1-19-12-9-10-13-20(19)30-22(16-21(28-30)26(5,6)7)27-23(31)18-29(14-11-15-33-8)24(32)17-25(2,3)4/h9-10,12-13,16H,11,14-15,17-18H2,1-8H3,(H,27,31). The van der Waals surface area contributed by atoms with Crippen LogP contribution in [-0.4, -0.2) is 53.3 Å². The molecule has 7 heteroatoms. The van der Waals surface area contributed by atoms with Crippen LogP contribution in [0.5, 0.6) is 0 Å². The van der Waals surface area contributed by atoms with E-state index in [0.717, 1.165) is 16.9 Å². The lowest BCUT2D eigenvalue weighted by Crippen LogP contribution is -2.40. The summed E-state index contributed by atoms with van der Waals surface area (Å²) in [5.41, 5.74) is 2.50. The number of nitrogens with zero attached hydrogens (tertiary/aromatic N) is 3. The fourth-order valence-electron chi connectivity index (χ4n) is 3.43. The molecule has 1 N–H and O–H groups in total. The van der Waals surface area contributed by atoms with E-state index in [1.54, 1.807) is 16.7 Å². The molecule has 0 aliphatic rings. The Bertz CT molecular complexity index is 951. The Hall–Kier alpha value is -2.67. The predicted octanol–water partition coefficient (Wildman–Crippen LogP) is 4.72. The average Bonchev–Trinajstić information content (AvgIpc) is 3.10. The highest BCUT2D eigenvalue weighted by Gasteiger charge is 2.25. The van der Waals surface area contributed by atoms with Crippen LogP contribution in [0, 0.1) is 12.3 Å². The first-order chi connectivity index (χ1) is 15.3. The van der Waals surface area contributed by atoms with Gasteiger partial charge in [0.05, 0.1) is 17.9 Å². The van der Waals surface area contributed by atoms with Gasteiger partial charge in [-0.3, -0.25) is 9.59 Å². The molecule has 0 aliphatic carbocycles. The number of anilines is 1. The maximum atomic E-state index is 13.1. The number of aromatic nitrogens is 2. The summed E-state index contributed by atoms with van der Waals surface area (Å²) in [6.45, 7) is 15.3. The number of hydrogen-bond donors (Lipinski definition) is 1. The smallest absolute Gasteiger partial charge is 0.245 e. The minimum Gasteiger partial charge on any atom is -0.385 e. The van der Waals surface area contributed by atoms with Crippen molar-refractivity contribution in [2.75, 3.05) is 32.1 Å². The van der Waals surface area contributed by atoms with Crippen molar-refractivity contribution in [2.45, 2.75) is 66.7 Å². The molecule has 2 aromatic rings. The van der Waals surface area contributed by atoms with Crippen molar-refractivity contribution in [3.05, 3.63) is 41.6 Å². The van der Waals surface area contributed by atoms with Crippen LogP contribution in [0.2, 0.25) is 0 Å². The number of hydrogen-bond acceptors (Lipinski definition) is 4. The van der Waals surface area contributed by atoms with Crippen molar-refractivity contribution in [3.63, 3.8) is 0 Å². The molecule has 2 amide bonds. The number of nitrogens with one attached hydrogen (secondary N) is 1. The molecule has 0 spiro atoms. The summed E-state index contributed by atoms with van der Waals surface area (Å²) in [7, 11) is 1.63. The fourth-order valence-corrected chi connectivity index (χ4v) is 3.43. The molecule has 2 rings (SSSR count). The lowest BCUT2D eigenvalue weighted by molar-refractivity contribution is -0.136. The van der Waals surface area contributed by atoms with Crippen LogP contribution >= 0.6 is 0 Å². The summed E-state index contributed by atoms with van der Waals surface area (Å²) >= 11 is 0. The van der Waals surface area contributed by atoms with Gasteiger partial charge in [0.15, 0.2) is 0 Å². The van der Waals surface area contributed by atoms with Gasteiger partial charge in [-0.1, -0.05) is 59.7 Å². The molecule has 0 saturated heterocycles. The van der Waals surface area contributed by atoms with E-state index in [9.17, 15) is 9.59 Å². The zero-order chi connectivity index (χ0) is 24.8. The molecule has 0 bridgehead atoms. The van der Waals surface area contributed by atoms with E-state index in [1.165, 1.54) is 0 Å². The second-order valence-electron chi connectivity index (χ2n) is 10.8. The molecule has 0 aliphatic heterocycles. The topological polar surface area (TPSA) is 76.5 Å². The molecule has 0 unspecified atom stereocenters. The van der Waals surface area contributed by atoms with Crippen molar-refractivity contribution in [2.24, 2.45) is 5.41 Å². The number of methoxy groups -OCH3 is 1. The highest BCUT2D eigenvalue weighted by atomic mass is 16.5. The number of carbonyl (C=O) groups excluding carboxylic acids is 2. The molecular weight excluding hydrogens is 416 g/mol. The molecule has 1 aromatic carbocycles. The summed E-state index contributed by atoms with van der Waals surface area (Å²) in [6, 6.07) is 9.84. The van der Waals surface area contributed by atoms with Crippen LogP contribution in [0.4, 0.5) is 5.82 Å². The van der Waals surface area contributed by atoms with E-state index in [1.807, 2.05) is 58.0 Å². The van der Waals surface area contributed by atoms with Crippen molar-refractivity contribution < 1.29 is 14.3 Å². The Kier molecular flexibility index (Phi) is 8.83. The average molecular weight is 457 g/mol. The number of benzene rings is 1. The van der Waals surface area contributed by atoms with E-state index in [2.05, 4.69) is 26.1 Å². The van der Waals surface area contributed by atoms with Crippen molar-refractivity contribution in [1.29, 1.82) is 0 Å². The molecule has 33 heavy (non-hydrogen) atoms. The van der Waals surface area contributed by atoms with Crippen LogP contribution in [-0.2, 0) is 19.7 Å². The summed E-state index contributed by atoms with van der Waals surface area (Å²) in [4.78, 5) is 27.6. The van der Waals surface area contributed by atoms with Gasteiger partial charge in [0.1, 0.15) is 5.82 Å². The van der Waals surface area contributed by atoms with Crippen LogP contribution in [0.1, 0.15) is 65.6 Å². The Morgan fingerprint density at radius 3 is 2.36 bits per heavy atom. The Labute approximate surface area is 198 Å². The molecular formula is C26H40N4O3. The molecule has 0 saturated carbocycles. The minimum absolute atomic E-state index is 0.0115. The zero-order valence-electron chi connectivity index (χ0n) is 21.5. The third kappa shape index (κ3) is 8.00. The maximum absolute atomic E-state index is 13.1. The van der Waals surface area contributed by atoms with E-state index in [-0.39, 0.29) is 29.2 Å². The van der Waals surface area contributed by atoms with Gasteiger partial charge in [-0.05, 0) is 30.4 Å². The highest BCUT2D eigenvalue weighted by Crippen LogP contribution is 2.27. The van der Waals surface area contributed by atoms with E-state index in [0.29, 0.717) is 31.8 Å². The Morgan fingerprint density at radius 1 is 1.12 bits per heavy atom. The largest absolute Gasteiger partial charge is 0.385 e. The lowest BCUT2D eigenvalue weighted by Gasteiger charge is -2.26. The molecule has 182 valence electrons. The van der Waals surface area contributed by atoms with Gasteiger partial charge in [-0.25, -0.2) is 4.68 Å². The number of carbonyl (C=O) groups is 2. The van der Waals surface area contributed by atoms with Gasteiger partial charge in [-0.2, -0.15) is 5.10 Å². The summed E-state index contributed by atoms with van der Waals surface area (Å²) in [6.07, 6.45) is 1.05.